The Morgan fingerprint density at radius 2 is 2.22 bits per heavy atom. The normalized spacial score (nSPS) is 14.7. The largest absolute Gasteiger partial charge is 0.380 e. The van der Waals surface area contributed by atoms with Gasteiger partial charge in [-0.25, -0.2) is 4.98 Å². The number of nitrogens with zero attached hydrogens (tertiary/aromatic N) is 2. The summed E-state index contributed by atoms with van der Waals surface area (Å²) in [5.74, 6) is 0.208. The summed E-state index contributed by atoms with van der Waals surface area (Å²) < 4.78 is 5.38. The predicted molar refractivity (Wildman–Crippen MR) is 73.8 cm³/mol. The third-order valence-corrected chi connectivity index (χ3v) is 4.30. The van der Waals surface area contributed by atoms with E-state index in [-0.39, 0.29) is 5.78 Å². The monoisotopic (exact) mass is 268 g/mol. The van der Waals surface area contributed by atoms with Gasteiger partial charge in [-0.15, -0.1) is 11.3 Å². The number of rotatable bonds is 6. The summed E-state index contributed by atoms with van der Waals surface area (Å²) in [4.78, 5) is 19.6. The summed E-state index contributed by atoms with van der Waals surface area (Å²) in [6.07, 6.45) is 2.63. The Hall–Kier alpha value is -0.940. The fraction of sp³-hybridized carbons (Fsp3) is 0.692. The first-order valence-electron chi connectivity index (χ1n) is 6.61. The smallest absolute Gasteiger partial charge is 0.186 e. The number of ketones is 1. The van der Waals surface area contributed by atoms with Crippen molar-refractivity contribution < 1.29 is 9.53 Å². The van der Waals surface area contributed by atoms with Crippen LogP contribution in [0.5, 0.6) is 0 Å². The number of hydrogen-bond acceptors (Lipinski definition) is 5. The van der Waals surface area contributed by atoms with Gasteiger partial charge in [0.25, 0.3) is 0 Å². The van der Waals surface area contributed by atoms with Crippen molar-refractivity contribution in [1.82, 2.24) is 4.98 Å². The molecule has 0 spiro atoms. The van der Waals surface area contributed by atoms with Gasteiger partial charge in [-0.1, -0.05) is 0 Å². The number of Topliss-reactive ketones (excluding diaryl/α,β-unsaturated/α-hetero) is 1. The van der Waals surface area contributed by atoms with Gasteiger partial charge in [-0.2, -0.15) is 0 Å². The number of ether oxygens (including phenoxy) is 1. The quantitative estimate of drug-likeness (QED) is 0.744. The molecule has 0 saturated carbocycles. The van der Waals surface area contributed by atoms with E-state index in [0.29, 0.717) is 13.0 Å². The first-order valence-corrected chi connectivity index (χ1v) is 7.43. The van der Waals surface area contributed by atoms with Crippen molar-refractivity contribution in [1.29, 1.82) is 0 Å². The second kappa shape index (κ2) is 6.29. The molecule has 1 aromatic rings. The molecule has 0 saturated heterocycles. The van der Waals surface area contributed by atoms with E-state index in [2.05, 4.69) is 16.8 Å². The van der Waals surface area contributed by atoms with Crippen LogP contribution >= 0.6 is 11.3 Å². The molecule has 0 amide bonds. The summed E-state index contributed by atoms with van der Waals surface area (Å²) in [5, 5.41) is 0.970. The van der Waals surface area contributed by atoms with Crippen molar-refractivity contribution in [2.75, 3.05) is 31.2 Å². The molecule has 0 N–H and O–H groups in total. The highest BCUT2D eigenvalue weighted by molar-refractivity contribution is 7.16. The van der Waals surface area contributed by atoms with Gasteiger partial charge in [0.05, 0.1) is 6.61 Å². The van der Waals surface area contributed by atoms with E-state index in [1.165, 1.54) is 0 Å². The minimum atomic E-state index is 0.208. The molecule has 0 radical (unpaired) electrons. The molecule has 5 heteroatoms. The van der Waals surface area contributed by atoms with E-state index in [9.17, 15) is 4.79 Å². The van der Waals surface area contributed by atoms with Crippen LogP contribution in [0, 0.1) is 0 Å². The second-order valence-electron chi connectivity index (χ2n) is 4.32. The third-order valence-electron chi connectivity index (χ3n) is 3.12. The summed E-state index contributed by atoms with van der Waals surface area (Å²) in [7, 11) is 0. The average molecular weight is 268 g/mol. The van der Waals surface area contributed by atoms with Gasteiger partial charge < -0.3 is 9.64 Å². The van der Waals surface area contributed by atoms with Crippen molar-refractivity contribution in [3.63, 3.8) is 0 Å². The van der Waals surface area contributed by atoms with Crippen LogP contribution in [0.2, 0.25) is 0 Å². The standard InChI is InChI=1S/C13H20N2O2S/c1-3-15(8-9-17-4-2)13-14-12-10(16)6-5-7-11(12)18-13/h3-9H2,1-2H3. The van der Waals surface area contributed by atoms with Crippen LogP contribution in [0.3, 0.4) is 0 Å². The lowest BCUT2D eigenvalue weighted by molar-refractivity contribution is 0.0968. The fourth-order valence-corrected chi connectivity index (χ4v) is 3.31. The number of carbonyl (C=O) groups is 1. The van der Waals surface area contributed by atoms with Gasteiger partial charge in [0.2, 0.25) is 0 Å². The van der Waals surface area contributed by atoms with Crippen molar-refractivity contribution in [3.05, 3.63) is 10.6 Å². The van der Waals surface area contributed by atoms with E-state index in [1.54, 1.807) is 11.3 Å². The lowest BCUT2D eigenvalue weighted by Gasteiger charge is -2.19. The Morgan fingerprint density at radius 1 is 1.39 bits per heavy atom. The van der Waals surface area contributed by atoms with Crippen LogP contribution in [0.25, 0.3) is 0 Å². The molecule has 100 valence electrons. The Kier molecular flexibility index (Phi) is 4.72. The van der Waals surface area contributed by atoms with E-state index < -0.39 is 0 Å². The molecule has 2 rings (SSSR count). The number of thiazole rings is 1. The van der Waals surface area contributed by atoms with Crippen molar-refractivity contribution in [2.45, 2.75) is 33.1 Å². The zero-order chi connectivity index (χ0) is 13.0. The summed E-state index contributed by atoms with van der Waals surface area (Å²) in [6, 6.07) is 0. The lowest BCUT2D eigenvalue weighted by Crippen LogP contribution is -2.27. The van der Waals surface area contributed by atoms with Crippen molar-refractivity contribution >= 4 is 22.3 Å². The molecule has 4 nitrogen and oxygen atoms in total. The Balaban J connectivity index is 2.09. The molecule has 1 aliphatic rings. The fourth-order valence-electron chi connectivity index (χ4n) is 2.10. The average Bonchev–Trinajstić information content (AvgIpc) is 2.80. The number of likely N-dealkylation sites (N-methyl/N-ethyl adjacent to an activating group) is 1. The molecule has 18 heavy (non-hydrogen) atoms. The highest BCUT2D eigenvalue weighted by Gasteiger charge is 2.23. The Labute approximate surface area is 112 Å². The van der Waals surface area contributed by atoms with Crippen LogP contribution < -0.4 is 4.90 Å². The Bertz CT molecular complexity index is 417. The van der Waals surface area contributed by atoms with Gasteiger partial charge in [-0.05, 0) is 26.7 Å². The summed E-state index contributed by atoms with van der Waals surface area (Å²) >= 11 is 1.67. The van der Waals surface area contributed by atoms with Crippen LogP contribution in [-0.4, -0.2) is 37.1 Å². The number of hydrogen-bond donors (Lipinski definition) is 0. The predicted octanol–water partition coefficient (Wildman–Crippen LogP) is 2.52. The maximum atomic E-state index is 11.8. The first-order chi connectivity index (χ1) is 8.76. The molecular weight excluding hydrogens is 248 g/mol. The topological polar surface area (TPSA) is 42.4 Å². The van der Waals surface area contributed by atoms with Crippen LogP contribution in [0.4, 0.5) is 5.13 Å². The van der Waals surface area contributed by atoms with Gasteiger partial charge in [0.1, 0.15) is 5.69 Å². The molecule has 0 aliphatic heterocycles. The van der Waals surface area contributed by atoms with Gasteiger partial charge in [-0.3, -0.25) is 4.79 Å². The molecule has 1 heterocycles. The molecule has 0 atom stereocenters. The number of carbonyl (C=O) groups excluding carboxylic acids is 1. The number of anilines is 1. The zero-order valence-electron chi connectivity index (χ0n) is 11.1. The second-order valence-corrected chi connectivity index (χ2v) is 5.38. The van der Waals surface area contributed by atoms with Gasteiger partial charge in [0, 0.05) is 31.0 Å². The number of fused-ring (bicyclic) bond motifs is 1. The molecular formula is C13H20N2O2S. The minimum absolute atomic E-state index is 0.208. The SMILES string of the molecule is CCOCCN(CC)c1nc2c(s1)CCCC2=O. The van der Waals surface area contributed by atoms with Crippen LogP contribution in [0.15, 0.2) is 0 Å². The molecule has 1 aliphatic carbocycles. The van der Waals surface area contributed by atoms with E-state index in [0.717, 1.165) is 48.2 Å². The highest BCUT2D eigenvalue weighted by Crippen LogP contribution is 2.31. The highest BCUT2D eigenvalue weighted by atomic mass is 32.1. The van der Waals surface area contributed by atoms with E-state index in [4.69, 9.17) is 4.74 Å². The first kappa shape index (κ1) is 13.5. The van der Waals surface area contributed by atoms with Crippen LogP contribution in [-0.2, 0) is 11.2 Å². The van der Waals surface area contributed by atoms with E-state index in [1.807, 2.05) is 6.92 Å². The Morgan fingerprint density at radius 3 is 2.89 bits per heavy atom. The summed E-state index contributed by atoms with van der Waals surface area (Å²) in [6.45, 7) is 7.29. The maximum absolute atomic E-state index is 11.8. The van der Waals surface area contributed by atoms with Crippen molar-refractivity contribution in [3.8, 4) is 0 Å². The van der Waals surface area contributed by atoms with Gasteiger partial charge in [0.15, 0.2) is 10.9 Å². The van der Waals surface area contributed by atoms with Crippen LogP contribution in [0.1, 0.15) is 42.1 Å². The molecule has 1 aromatic heterocycles. The molecule has 0 fully saturated rings. The number of aryl methyl sites for hydroxylation is 1. The molecule has 0 unspecified atom stereocenters. The lowest BCUT2D eigenvalue weighted by atomic mass is 10.0. The zero-order valence-corrected chi connectivity index (χ0v) is 11.9. The molecule has 0 bridgehead atoms. The van der Waals surface area contributed by atoms with Crippen molar-refractivity contribution in [2.24, 2.45) is 0 Å². The van der Waals surface area contributed by atoms with E-state index >= 15 is 0 Å². The minimum Gasteiger partial charge on any atom is -0.380 e. The molecule has 0 aromatic carbocycles. The summed E-state index contributed by atoms with van der Waals surface area (Å²) in [5.41, 5.74) is 0.719. The van der Waals surface area contributed by atoms with Gasteiger partial charge >= 0.3 is 0 Å². The number of aromatic nitrogens is 1. The maximum Gasteiger partial charge on any atom is 0.186 e. The third kappa shape index (κ3) is 2.90.